The molecule has 0 saturated carbocycles. The lowest BCUT2D eigenvalue weighted by Crippen LogP contribution is -2.36. The Bertz CT molecular complexity index is 524. The summed E-state index contributed by atoms with van der Waals surface area (Å²) in [6, 6.07) is 4.66. The number of nitrogen functional groups attached to an aromatic ring is 1. The molecule has 1 rings (SSSR count). The molecule has 5 nitrogen and oxygen atoms in total. The first-order valence-electron chi connectivity index (χ1n) is 5.65. The van der Waals surface area contributed by atoms with E-state index in [-0.39, 0.29) is 18.0 Å². The molecule has 1 aromatic carbocycles. The van der Waals surface area contributed by atoms with E-state index in [1.165, 1.54) is 6.07 Å². The molecule has 0 aliphatic carbocycles. The minimum Gasteiger partial charge on any atom is -0.399 e. The number of sulfonamides is 1. The Balaban J connectivity index is 2.94. The number of hydrogen-bond donors (Lipinski definition) is 3. The van der Waals surface area contributed by atoms with Crippen LogP contribution in [0.1, 0.15) is 19.4 Å². The van der Waals surface area contributed by atoms with Crippen LogP contribution >= 0.6 is 0 Å². The highest BCUT2D eigenvalue weighted by Gasteiger charge is 2.22. The van der Waals surface area contributed by atoms with Gasteiger partial charge >= 0.3 is 0 Å². The smallest absolute Gasteiger partial charge is 0.240 e. The summed E-state index contributed by atoms with van der Waals surface area (Å²) in [5.41, 5.74) is 6.23. The maximum Gasteiger partial charge on any atom is 0.240 e. The molecule has 18 heavy (non-hydrogen) atoms. The molecule has 0 radical (unpaired) electrons. The van der Waals surface area contributed by atoms with Crippen molar-refractivity contribution in [1.82, 2.24) is 4.72 Å². The van der Waals surface area contributed by atoms with Crippen molar-refractivity contribution in [2.24, 2.45) is 5.41 Å². The van der Waals surface area contributed by atoms with Gasteiger partial charge in [0.1, 0.15) is 0 Å². The Morgan fingerprint density at radius 1 is 1.39 bits per heavy atom. The molecule has 0 aliphatic heterocycles. The number of benzene rings is 1. The van der Waals surface area contributed by atoms with Crippen LogP contribution in [-0.2, 0) is 10.0 Å². The van der Waals surface area contributed by atoms with Crippen molar-refractivity contribution in [3.63, 3.8) is 0 Å². The maximum atomic E-state index is 12.1. The van der Waals surface area contributed by atoms with Gasteiger partial charge < -0.3 is 10.8 Å². The van der Waals surface area contributed by atoms with Gasteiger partial charge in [-0.25, -0.2) is 13.1 Å². The summed E-state index contributed by atoms with van der Waals surface area (Å²) < 4.78 is 26.7. The molecule has 0 atom stereocenters. The molecule has 0 unspecified atom stereocenters. The van der Waals surface area contributed by atoms with Gasteiger partial charge in [-0.15, -0.1) is 0 Å². The summed E-state index contributed by atoms with van der Waals surface area (Å²) >= 11 is 0. The first-order valence-corrected chi connectivity index (χ1v) is 7.13. The van der Waals surface area contributed by atoms with Gasteiger partial charge in [-0.1, -0.05) is 13.8 Å². The first kappa shape index (κ1) is 14.9. The molecule has 0 aliphatic rings. The van der Waals surface area contributed by atoms with Gasteiger partial charge in [-0.2, -0.15) is 0 Å². The number of anilines is 1. The van der Waals surface area contributed by atoms with Crippen molar-refractivity contribution in [2.75, 3.05) is 18.9 Å². The highest BCUT2D eigenvalue weighted by Crippen LogP contribution is 2.19. The fourth-order valence-corrected chi connectivity index (χ4v) is 2.86. The largest absolute Gasteiger partial charge is 0.399 e. The Morgan fingerprint density at radius 3 is 2.50 bits per heavy atom. The number of nitrogens with one attached hydrogen (secondary N) is 1. The van der Waals surface area contributed by atoms with Gasteiger partial charge in [0.05, 0.1) is 4.90 Å². The highest BCUT2D eigenvalue weighted by atomic mass is 32.2. The minimum atomic E-state index is -3.57. The number of hydrogen-bond acceptors (Lipinski definition) is 4. The van der Waals surface area contributed by atoms with Crippen LogP contribution in [0.15, 0.2) is 23.1 Å². The van der Waals surface area contributed by atoms with Crippen molar-refractivity contribution < 1.29 is 13.5 Å². The van der Waals surface area contributed by atoms with E-state index in [1.54, 1.807) is 32.9 Å². The fraction of sp³-hybridized carbons (Fsp3) is 0.500. The molecule has 0 heterocycles. The monoisotopic (exact) mass is 272 g/mol. The molecule has 0 spiro atoms. The zero-order valence-corrected chi connectivity index (χ0v) is 11.7. The van der Waals surface area contributed by atoms with Gasteiger partial charge in [-0.3, -0.25) is 0 Å². The van der Waals surface area contributed by atoms with Gasteiger partial charge in [0, 0.05) is 24.3 Å². The van der Waals surface area contributed by atoms with E-state index in [0.717, 1.165) is 0 Å². The van der Waals surface area contributed by atoms with Crippen LogP contribution in [0, 0.1) is 12.3 Å². The Kier molecular flexibility index (Phi) is 4.37. The molecule has 4 N–H and O–H groups in total. The molecule has 0 aromatic heterocycles. The number of aliphatic hydroxyl groups is 1. The predicted octanol–water partition coefficient (Wildman–Crippen LogP) is 0.874. The Labute approximate surface area is 108 Å². The fourth-order valence-electron chi connectivity index (χ4n) is 1.40. The second kappa shape index (κ2) is 5.26. The van der Waals surface area contributed by atoms with Crippen LogP contribution < -0.4 is 10.5 Å². The zero-order valence-electron chi connectivity index (χ0n) is 10.9. The molecule has 102 valence electrons. The van der Waals surface area contributed by atoms with Crippen LogP contribution in [0.4, 0.5) is 5.69 Å². The number of nitrogens with two attached hydrogens (primary N) is 1. The minimum absolute atomic E-state index is 0.0871. The van der Waals surface area contributed by atoms with Crippen molar-refractivity contribution in [3.05, 3.63) is 23.8 Å². The highest BCUT2D eigenvalue weighted by molar-refractivity contribution is 7.89. The molecule has 0 fully saturated rings. The number of aryl methyl sites for hydroxylation is 1. The van der Waals surface area contributed by atoms with Crippen molar-refractivity contribution in [1.29, 1.82) is 0 Å². The van der Waals surface area contributed by atoms with Gasteiger partial charge in [-0.05, 0) is 30.7 Å². The van der Waals surface area contributed by atoms with E-state index in [1.807, 2.05) is 0 Å². The third-order valence-electron chi connectivity index (χ3n) is 2.66. The van der Waals surface area contributed by atoms with E-state index in [4.69, 9.17) is 10.8 Å². The summed E-state index contributed by atoms with van der Waals surface area (Å²) in [5.74, 6) is 0. The van der Waals surface area contributed by atoms with E-state index < -0.39 is 15.4 Å². The van der Waals surface area contributed by atoms with E-state index in [0.29, 0.717) is 11.3 Å². The first-order chi connectivity index (χ1) is 8.18. The standard InChI is InChI=1S/C12H20N2O3S/c1-9-6-10(13)4-5-11(9)18(16,17)14-7-12(2,3)8-15/h4-6,14-15H,7-8,13H2,1-3H3. The lowest BCUT2D eigenvalue weighted by molar-refractivity contribution is 0.163. The molecule has 1 aromatic rings. The Hall–Kier alpha value is -1.11. The van der Waals surface area contributed by atoms with E-state index in [9.17, 15) is 8.42 Å². The normalized spacial score (nSPS) is 12.7. The number of aliphatic hydroxyl groups excluding tert-OH is 1. The van der Waals surface area contributed by atoms with Crippen LogP contribution in [0.25, 0.3) is 0 Å². The maximum absolute atomic E-state index is 12.1. The van der Waals surface area contributed by atoms with E-state index in [2.05, 4.69) is 4.72 Å². The Morgan fingerprint density at radius 2 is 2.00 bits per heavy atom. The summed E-state index contributed by atoms with van der Waals surface area (Å²) in [6.45, 7) is 5.35. The topological polar surface area (TPSA) is 92.4 Å². The summed E-state index contributed by atoms with van der Waals surface area (Å²) in [4.78, 5) is 0.213. The second-order valence-electron chi connectivity index (χ2n) is 5.17. The van der Waals surface area contributed by atoms with Crippen LogP contribution in [0.5, 0.6) is 0 Å². The third-order valence-corrected chi connectivity index (χ3v) is 4.22. The van der Waals surface area contributed by atoms with Gasteiger partial charge in [0.25, 0.3) is 0 Å². The second-order valence-corrected chi connectivity index (χ2v) is 6.91. The third kappa shape index (κ3) is 3.69. The zero-order chi connectivity index (χ0) is 14.0. The van der Waals surface area contributed by atoms with Crippen LogP contribution in [0.3, 0.4) is 0 Å². The molecule has 0 saturated heterocycles. The molecular weight excluding hydrogens is 252 g/mol. The van der Waals surface area contributed by atoms with Crippen LogP contribution in [-0.4, -0.2) is 26.7 Å². The lowest BCUT2D eigenvalue weighted by Gasteiger charge is -2.22. The average Bonchev–Trinajstić information content (AvgIpc) is 2.26. The quantitative estimate of drug-likeness (QED) is 0.694. The lowest BCUT2D eigenvalue weighted by atomic mass is 9.96. The molecular formula is C12H20N2O3S. The van der Waals surface area contributed by atoms with Crippen molar-refractivity contribution in [2.45, 2.75) is 25.7 Å². The summed E-state index contributed by atoms with van der Waals surface area (Å²) in [5, 5.41) is 9.10. The molecule has 0 amide bonds. The predicted molar refractivity (Wildman–Crippen MR) is 71.6 cm³/mol. The van der Waals surface area contributed by atoms with Crippen LogP contribution in [0.2, 0.25) is 0 Å². The van der Waals surface area contributed by atoms with Gasteiger partial charge in [0.2, 0.25) is 10.0 Å². The van der Waals surface area contributed by atoms with Crippen molar-refractivity contribution in [3.8, 4) is 0 Å². The number of rotatable bonds is 5. The summed E-state index contributed by atoms with van der Waals surface area (Å²) in [6.07, 6.45) is 0. The molecule has 0 bridgehead atoms. The summed E-state index contributed by atoms with van der Waals surface area (Å²) in [7, 11) is -3.57. The van der Waals surface area contributed by atoms with Crippen molar-refractivity contribution >= 4 is 15.7 Å². The van der Waals surface area contributed by atoms with E-state index >= 15 is 0 Å². The average molecular weight is 272 g/mol. The van der Waals surface area contributed by atoms with Gasteiger partial charge in [0.15, 0.2) is 0 Å². The molecule has 6 heteroatoms. The SMILES string of the molecule is Cc1cc(N)ccc1S(=O)(=O)NCC(C)(C)CO.